The lowest BCUT2D eigenvalue weighted by atomic mass is 10.2. The number of carbonyl (C=O) groups excluding carboxylic acids is 2. The number of carbonyl (C=O) groups is 2. The molecule has 0 radical (unpaired) electrons. The molecule has 1 aromatic heterocycles. The van der Waals surface area contributed by atoms with Crippen molar-refractivity contribution in [3.8, 4) is 0 Å². The summed E-state index contributed by atoms with van der Waals surface area (Å²) < 4.78 is 5.03. The topological polar surface area (TPSA) is 78.0 Å². The smallest absolute Gasteiger partial charge is 0.409 e. The highest BCUT2D eigenvalue weighted by molar-refractivity contribution is 5.93. The van der Waals surface area contributed by atoms with Gasteiger partial charge < -0.3 is 24.8 Å². The Morgan fingerprint density at radius 1 is 1.28 bits per heavy atom. The molecule has 1 N–H and O–H groups in total. The van der Waals surface area contributed by atoms with Gasteiger partial charge in [0.05, 0.1) is 6.61 Å². The van der Waals surface area contributed by atoms with Gasteiger partial charge in [-0.1, -0.05) is 0 Å². The number of hydrogen-bond donors (Lipinski definition) is 1. The minimum atomic E-state index is -0.266. The SMILES string of the molecule is CCOC(=O)N1CCN(c2ccnc(C(=O)NCCN(C)C)c2)CC1. The summed E-state index contributed by atoms with van der Waals surface area (Å²) in [6.45, 7) is 6.15. The number of ether oxygens (including phenoxy) is 1. The molecule has 25 heavy (non-hydrogen) atoms. The molecule has 0 bridgehead atoms. The van der Waals surface area contributed by atoms with Crippen LogP contribution in [0.3, 0.4) is 0 Å². The predicted molar refractivity (Wildman–Crippen MR) is 95.9 cm³/mol. The third-order valence-electron chi connectivity index (χ3n) is 3.99. The van der Waals surface area contributed by atoms with Crippen LogP contribution in [0.25, 0.3) is 0 Å². The molecular weight excluding hydrogens is 322 g/mol. The first-order valence-electron chi connectivity index (χ1n) is 8.57. The van der Waals surface area contributed by atoms with Crippen LogP contribution in [0.2, 0.25) is 0 Å². The monoisotopic (exact) mass is 349 g/mol. The number of nitrogens with zero attached hydrogens (tertiary/aromatic N) is 4. The highest BCUT2D eigenvalue weighted by atomic mass is 16.6. The summed E-state index contributed by atoms with van der Waals surface area (Å²) in [7, 11) is 3.92. The summed E-state index contributed by atoms with van der Waals surface area (Å²) in [5.41, 5.74) is 1.35. The first-order chi connectivity index (χ1) is 12.0. The summed E-state index contributed by atoms with van der Waals surface area (Å²) in [6.07, 6.45) is 1.38. The average molecular weight is 349 g/mol. The van der Waals surface area contributed by atoms with E-state index in [0.29, 0.717) is 45.0 Å². The minimum Gasteiger partial charge on any atom is -0.450 e. The molecule has 2 heterocycles. The normalized spacial score (nSPS) is 14.6. The van der Waals surface area contributed by atoms with Gasteiger partial charge in [-0.15, -0.1) is 0 Å². The van der Waals surface area contributed by atoms with Gasteiger partial charge in [0.25, 0.3) is 5.91 Å². The zero-order valence-corrected chi connectivity index (χ0v) is 15.2. The number of rotatable bonds is 6. The first kappa shape index (κ1) is 19.0. The van der Waals surface area contributed by atoms with Crippen molar-refractivity contribution >= 4 is 17.7 Å². The largest absolute Gasteiger partial charge is 0.450 e. The van der Waals surface area contributed by atoms with E-state index in [2.05, 4.69) is 15.2 Å². The van der Waals surface area contributed by atoms with Crippen molar-refractivity contribution in [3.63, 3.8) is 0 Å². The van der Waals surface area contributed by atoms with Crippen LogP contribution in [0.4, 0.5) is 10.5 Å². The Labute approximate surface area is 148 Å². The average Bonchev–Trinajstić information content (AvgIpc) is 2.62. The molecular formula is C17H27N5O3. The lowest BCUT2D eigenvalue weighted by Gasteiger charge is -2.35. The summed E-state index contributed by atoms with van der Waals surface area (Å²) in [5.74, 6) is -0.172. The highest BCUT2D eigenvalue weighted by Crippen LogP contribution is 2.17. The Morgan fingerprint density at radius 3 is 2.64 bits per heavy atom. The molecule has 0 spiro atoms. The first-order valence-corrected chi connectivity index (χ1v) is 8.57. The number of amides is 2. The van der Waals surface area contributed by atoms with Crippen LogP contribution in [0.15, 0.2) is 18.3 Å². The Kier molecular flexibility index (Phi) is 7.00. The van der Waals surface area contributed by atoms with E-state index in [-0.39, 0.29) is 12.0 Å². The number of piperazine rings is 1. The van der Waals surface area contributed by atoms with E-state index < -0.39 is 0 Å². The molecule has 8 heteroatoms. The maximum atomic E-state index is 12.2. The fourth-order valence-electron chi connectivity index (χ4n) is 2.59. The van der Waals surface area contributed by atoms with Gasteiger partial charge in [-0.25, -0.2) is 4.79 Å². The summed E-state index contributed by atoms with van der Waals surface area (Å²) in [4.78, 5) is 34.0. The summed E-state index contributed by atoms with van der Waals surface area (Å²) in [6, 6.07) is 3.68. The molecule has 8 nitrogen and oxygen atoms in total. The van der Waals surface area contributed by atoms with E-state index in [1.807, 2.05) is 25.1 Å². The third kappa shape index (κ3) is 5.60. The maximum Gasteiger partial charge on any atom is 0.409 e. The lowest BCUT2D eigenvalue weighted by molar-refractivity contribution is 0.0946. The van der Waals surface area contributed by atoms with Gasteiger partial charge in [0.15, 0.2) is 0 Å². The number of nitrogens with one attached hydrogen (secondary N) is 1. The van der Waals surface area contributed by atoms with Crippen molar-refractivity contribution in [2.75, 3.05) is 64.9 Å². The van der Waals surface area contributed by atoms with Crippen molar-refractivity contribution in [3.05, 3.63) is 24.0 Å². The number of likely N-dealkylation sites (N-methyl/N-ethyl adjacent to an activating group) is 1. The lowest BCUT2D eigenvalue weighted by Crippen LogP contribution is -2.49. The molecule has 1 aromatic rings. The molecule has 0 atom stereocenters. The molecule has 0 unspecified atom stereocenters. The number of pyridine rings is 1. The van der Waals surface area contributed by atoms with Gasteiger partial charge in [0.1, 0.15) is 5.69 Å². The van der Waals surface area contributed by atoms with Gasteiger partial charge in [0.2, 0.25) is 0 Å². The fraction of sp³-hybridized carbons (Fsp3) is 0.588. The van der Waals surface area contributed by atoms with Crippen LogP contribution in [0.5, 0.6) is 0 Å². The Bertz CT molecular complexity index is 585. The van der Waals surface area contributed by atoms with Crippen LogP contribution in [-0.2, 0) is 4.74 Å². The van der Waals surface area contributed by atoms with Crippen molar-refractivity contribution in [1.29, 1.82) is 0 Å². The van der Waals surface area contributed by atoms with Crippen LogP contribution in [0.1, 0.15) is 17.4 Å². The zero-order chi connectivity index (χ0) is 18.2. The molecule has 0 saturated carbocycles. The maximum absolute atomic E-state index is 12.2. The second-order valence-corrected chi connectivity index (χ2v) is 6.13. The van der Waals surface area contributed by atoms with E-state index in [0.717, 1.165) is 12.2 Å². The molecule has 1 fully saturated rings. The van der Waals surface area contributed by atoms with Gasteiger partial charge in [-0.3, -0.25) is 9.78 Å². The molecule has 2 amide bonds. The summed E-state index contributed by atoms with van der Waals surface area (Å²) >= 11 is 0. The van der Waals surface area contributed by atoms with Gasteiger partial charge in [0, 0.05) is 51.2 Å². The van der Waals surface area contributed by atoms with E-state index in [1.165, 1.54) is 0 Å². The van der Waals surface area contributed by atoms with Crippen LogP contribution in [0, 0.1) is 0 Å². The molecule has 138 valence electrons. The molecule has 0 aromatic carbocycles. The van der Waals surface area contributed by atoms with Crippen molar-refractivity contribution in [2.45, 2.75) is 6.92 Å². The molecule has 1 aliphatic heterocycles. The quantitative estimate of drug-likeness (QED) is 0.813. The summed E-state index contributed by atoms with van der Waals surface area (Å²) in [5, 5.41) is 2.87. The van der Waals surface area contributed by atoms with Gasteiger partial charge in [-0.2, -0.15) is 0 Å². The second kappa shape index (κ2) is 9.22. The Balaban J connectivity index is 1.91. The van der Waals surface area contributed by atoms with Crippen molar-refractivity contribution < 1.29 is 14.3 Å². The fourth-order valence-corrected chi connectivity index (χ4v) is 2.59. The Hall–Kier alpha value is -2.35. The van der Waals surface area contributed by atoms with Crippen LogP contribution in [-0.4, -0.2) is 86.8 Å². The van der Waals surface area contributed by atoms with E-state index in [1.54, 1.807) is 24.1 Å². The predicted octanol–water partition coefficient (Wildman–Crippen LogP) is 0.652. The molecule has 2 rings (SSSR count). The van der Waals surface area contributed by atoms with Crippen LogP contribution < -0.4 is 10.2 Å². The molecule has 1 saturated heterocycles. The van der Waals surface area contributed by atoms with E-state index in [4.69, 9.17) is 4.74 Å². The zero-order valence-electron chi connectivity index (χ0n) is 15.2. The van der Waals surface area contributed by atoms with Crippen molar-refractivity contribution in [1.82, 2.24) is 20.1 Å². The van der Waals surface area contributed by atoms with Gasteiger partial charge in [-0.05, 0) is 33.2 Å². The van der Waals surface area contributed by atoms with E-state index >= 15 is 0 Å². The number of aromatic nitrogens is 1. The molecule has 1 aliphatic rings. The number of hydrogen-bond acceptors (Lipinski definition) is 6. The van der Waals surface area contributed by atoms with Gasteiger partial charge >= 0.3 is 6.09 Å². The van der Waals surface area contributed by atoms with Crippen molar-refractivity contribution in [2.24, 2.45) is 0 Å². The third-order valence-corrected chi connectivity index (χ3v) is 3.99. The Morgan fingerprint density at radius 2 is 2.00 bits per heavy atom. The molecule has 0 aliphatic carbocycles. The van der Waals surface area contributed by atoms with E-state index in [9.17, 15) is 9.59 Å². The van der Waals surface area contributed by atoms with Crippen LogP contribution >= 0.6 is 0 Å². The number of anilines is 1. The standard InChI is InChI=1S/C17H27N5O3/c1-4-25-17(24)22-11-9-21(10-12-22)14-5-6-18-15(13-14)16(23)19-7-8-20(2)3/h5-6,13H,4,7-12H2,1-3H3,(H,19,23). The highest BCUT2D eigenvalue weighted by Gasteiger charge is 2.22. The second-order valence-electron chi connectivity index (χ2n) is 6.13. The minimum absolute atomic E-state index is 0.172.